The maximum Gasteiger partial charge on any atom is 0.0859 e. The maximum absolute atomic E-state index is 3.75. The van der Waals surface area contributed by atoms with Crippen molar-refractivity contribution < 1.29 is 0 Å². The van der Waals surface area contributed by atoms with Gasteiger partial charge in [-0.1, -0.05) is 147 Å². The third kappa shape index (κ3) is 8.80. The van der Waals surface area contributed by atoms with E-state index in [1.165, 1.54) is 22.5 Å². The normalized spacial score (nSPS) is 13.9. The Morgan fingerprint density at radius 1 is 0.622 bits per heavy atom. The van der Waals surface area contributed by atoms with Crippen LogP contribution in [0.5, 0.6) is 0 Å². The van der Waals surface area contributed by atoms with E-state index in [1.807, 2.05) is 11.8 Å². The molecule has 0 aliphatic heterocycles. The van der Waals surface area contributed by atoms with E-state index in [0.717, 1.165) is 13.1 Å². The summed E-state index contributed by atoms with van der Waals surface area (Å²) in [5.41, 5.74) is 0. The van der Waals surface area contributed by atoms with Crippen LogP contribution in [0.2, 0.25) is 36.3 Å². The van der Waals surface area contributed by atoms with Crippen molar-refractivity contribution in [2.45, 2.75) is 103 Å². The highest BCUT2D eigenvalue weighted by molar-refractivity contribution is 8.00. The van der Waals surface area contributed by atoms with Crippen LogP contribution in [0.1, 0.15) is 62.3 Å². The smallest absolute Gasteiger partial charge is 0.0859 e. The lowest BCUT2D eigenvalue weighted by Gasteiger charge is -2.38. The SMILES string of the molecule is CC(C)(C)SCCNCCP(c1ccc([Si](C)(C)C(C)(C)C)cc1)c1ccc([Si](C)(C)C(C)(C)C)cc1. The van der Waals surface area contributed by atoms with Gasteiger partial charge in [-0.2, -0.15) is 11.8 Å². The predicted octanol–water partition coefficient (Wildman–Crippen LogP) is 7.67. The topological polar surface area (TPSA) is 12.0 Å². The molecular weight excluding hydrogens is 518 g/mol. The molecule has 0 saturated heterocycles. The third-order valence-corrected chi connectivity index (χ3v) is 23.7. The number of rotatable bonds is 10. The fraction of sp³-hybridized carbons (Fsp3) is 0.625. The molecule has 0 fully saturated rings. The van der Waals surface area contributed by atoms with Gasteiger partial charge in [0.1, 0.15) is 0 Å². The van der Waals surface area contributed by atoms with Crippen molar-refractivity contribution in [2.24, 2.45) is 0 Å². The number of hydrogen-bond donors (Lipinski definition) is 1. The van der Waals surface area contributed by atoms with E-state index in [1.54, 1.807) is 10.4 Å². The molecule has 2 aromatic carbocycles. The van der Waals surface area contributed by atoms with E-state index >= 15 is 0 Å². The van der Waals surface area contributed by atoms with Crippen molar-refractivity contribution in [2.75, 3.05) is 25.0 Å². The highest BCUT2D eigenvalue weighted by Gasteiger charge is 2.37. The fourth-order valence-corrected chi connectivity index (χ4v) is 10.9. The average molecular weight is 574 g/mol. The number of thioether (sulfide) groups is 1. The molecule has 0 spiro atoms. The molecule has 208 valence electrons. The van der Waals surface area contributed by atoms with Gasteiger partial charge in [0, 0.05) is 17.0 Å². The Hall–Kier alpha value is -0.386. The Kier molecular flexibility index (Phi) is 11.0. The monoisotopic (exact) mass is 573 g/mol. The molecule has 1 nitrogen and oxygen atoms in total. The predicted molar refractivity (Wildman–Crippen MR) is 183 cm³/mol. The lowest BCUT2D eigenvalue weighted by Crippen LogP contribution is -2.49. The molecule has 2 rings (SSSR count). The maximum atomic E-state index is 3.75. The van der Waals surface area contributed by atoms with Gasteiger partial charge in [-0.3, -0.25) is 0 Å². The highest BCUT2D eigenvalue weighted by atomic mass is 32.2. The minimum Gasteiger partial charge on any atom is -0.316 e. The highest BCUT2D eigenvalue weighted by Crippen LogP contribution is 2.38. The Labute approximate surface area is 238 Å². The van der Waals surface area contributed by atoms with E-state index in [0.29, 0.717) is 14.8 Å². The lowest BCUT2D eigenvalue weighted by atomic mass is 10.2. The second-order valence-electron chi connectivity index (χ2n) is 14.7. The molecule has 0 heterocycles. The largest absolute Gasteiger partial charge is 0.316 e. The standard InChI is InChI=1S/C32H56NPSSi2/c1-30(2,3)35-25-23-33-22-24-34(26-14-18-28(19-15-26)36(10,11)31(4,5)6)27-16-20-29(21-17-27)37(12,13)32(7,8)9/h14-21,33H,22-25H2,1-13H3. The first-order valence-electron chi connectivity index (χ1n) is 14.1. The van der Waals surface area contributed by atoms with Crippen molar-refractivity contribution in [1.29, 1.82) is 0 Å². The molecule has 5 heteroatoms. The van der Waals surface area contributed by atoms with Crippen LogP contribution >= 0.6 is 19.7 Å². The minimum atomic E-state index is -1.52. The second-order valence-corrected chi connectivity index (χ2v) is 29.6. The van der Waals surface area contributed by atoms with Gasteiger partial charge < -0.3 is 5.32 Å². The van der Waals surface area contributed by atoms with Gasteiger partial charge >= 0.3 is 0 Å². The van der Waals surface area contributed by atoms with Gasteiger partial charge in [-0.15, -0.1) is 0 Å². The van der Waals surface area contributed by atoms with Gasteiger partial charge in [-0.05, 0) is 41.3 Å². The first-order chi connectivity index (χ1) is 16.8. The van der Waals surface area contributed by atoms with Crippen molar-refractivity contribution in [3.8, 4) is 0 Å². The molecule has 0 aliphatic carbocycles. The van der Waals surface area contributed by atoms with Crippen molar-refractivity contribution >= 4 is 56.8 Å². The molecule has 0 amide bonds. The van der Waals surface area contributed by atoms with Gasteiger partial charge in [0.2, 0.25) is 0 Å². The first kappa shape index (κ1) is 32.8. The van der Waals surface area contributed by atoms with Crippen LogP contribution in [0.25, 0.3) is 0 Å². The van der Waals surface area contributed by atoms with Crippen LogP contribution in [-0.2, 0) is 0 Å². The number of hydrogen-bond acceptors (Lipinski definition) is 2. The minimum absolute atomic E-state index is 0.339. The van der Waals surface area contributed by atoms with Crippen LogP contribution < -0.4 is 26.3 Å². The molecule has 0 atom stereocenters. The molecule has 0 aromatic heterocycles. The summed E-state index contributed by atoms with van der Waals surface area (Å²) >= 11 is 2.05. The van der Waals surface area contributed by atoms with Crippen LogP contribution in [-0.4, -0.2) is 45.9 Å². The summed E-state index contributed by atoms with van der Waals surface area (Å²) in [4.78, 5) is 0. The Bertz CT molecular complexity index is 908. The molecule has 0 unspecified atom stereocenters. The molecule has 0 saturated carbocycles. The second kappa shape index (κ2) is 12.4. The Morgan fingerprint density at radius 2 is 1.00 bits per heavy atom. The van der Waals surface area contributed by atoms with Gasteiger partial charge in [0.25, 0.3) is 0 Å². The van der Waals surface area contributed by atoms with Crippen LogP contribution in [0.3, 0.4) is 0 Å². The summed E-state index contributed by atoms with van der Waals surface area (Å²) in [5.74, 6) is 1.17. The van der Waals surface area contributed by atoms with Crippen LogP contribution in [0.15, 0.2) is 48.5 Å². The van der Waals surface area contributed by atoms with Gasteiger partial charge in [0.15, 0.2) is 0 Å². The number of nitrogens with one attached hydrogen (secondary N) is 1. The van der Waals surface area contributed by atoms with Crippen LogP contribution in [0, 0.1) is 0 Å². The summed E-state index contributed by atoms with van der Waals surface area (Å²) in [5, 5.41) is 10.6. The summed E-state index contributed by atoms with van der Waals surface area (Å²) < 4.78 is 0.339. The summed E-state index contributed by atoms with van der Waals surface area (Å²) in [7, 11) is -3.43. The number of benzene rings is 2. The fourth-order valence-electron chi connectivity index (χ4n) is 4.13. The molecular formula is C32H56NPSSi2. The molecule has 37 heavy (non-hydrogen) atoms. The summed E-state index contributed by atoms with van der Waals surface area (Å²) in [6.45, 7) is 33.6. The van der Waals surface area contributed by atoms with E-state index in [-0.39, 0.29) is 7.92 Å². The zero-order valence-corrected chi connectivity index (χ0v) is 30.0. The molecule has 1 N–H and O–H groups in total. The van der Waals surface area contributed by atoms with E-state index in [9.17, 15) is 0 Å². The quantitative estimate of drug-likeness (QED) is 0.178. The summed E-state index contributed by atoms with van der Waals surface area (Å²) in [6.07, 6.45) is 1.19. The molecule has 2 aromatic rings. The summed E-state index contributed by atoms with van der Waals surface area (Å²) in [6, 6.07) is 19.7. The van der Waals surface area contributed by atoms with Crippen molar-refractivity contribution in [3.05, 3.63) is 48.5 Å². The Balaban J connectivity index is 2.29. The average Bonchev–Trinajstić information content (AvgIpc) is 2.76. The van der Waals surface area contributed by atoms with E-state index in [4.69, 9.17) is 0 Å². The van der Waals surface area contributed by atoms with Crippen LogP contribution in [0.4, 0.5) is 0 Å². The lowest BCUT2D eigenvalue weighted by molar-refractivity contribution is 0.729. The molecule has 0 radical (unpaired) electrons. The zero-order chi connectivity index (χ0) is 28.3. The van der Waals surface area contributed by atoms with Gasteiger partial charge in [0.05, 0.1) is 16.1 Å². The van der Waals surface area contributed by atoms with E-state index < -0.39 is 16.1 Å². The van der Waals surface area contributed by atoms with E-state index in [2.05, 4.69) is 142 Å². The first-order valence-corrected chi connectivity index (χ1v) is 22.6. The van der Waals surface area contributed by atoms with Gasteiger partial charge in [-0.25, -0.2) is 0 Å². The molecule has 0 bridgehead atoms. The van der Waals surface area contributed by atoms with Crippen molar-refractivity contribution in [3.63, 3.8) is 0 Å². The molecule has 0 aliphatic rings. The third-order valence-electron chi connectivity index (χ3n) is 8.88. The van der Waals surface area contributed by atoms with Crippen molar-refractivity contribution in [1.82, 2.24) is 5.32 Å². The zero-order valence-electron chi connectivity index (χ0n) is 26.3. The Morgan fingerprint density at radius 3 is 1.32 bits per heavy atom.